The van der Waals surface area contributed by atoms with Gasteiger partial charge in [0.25, 0.3) is 0 Å². The molecule has 0 saturated carbocycles. The Balaban J connectivity index is 1.76. The third kappa shape index (κ3) is 2.21. The van der Waals surface area contributed by atoms with E-state index >= 15 is 0 Å². The van der Waals surface area contributed by atoms with Crippen LogP contribution in [0.3, 0.4) is 0 Å². The molecule has 0 heterocycles. The average molecular weight is 478 g/mol. The van der Waals surface area contributed by atoms with E-state index in [1.165, 1.54) is 24.3 Å². The molecule has 2 unspecified atom stereocenters. The van der Waals surface area contributed by atoms with E-state index in [0.717, 1.165) is 6.07 Å². The summed E-state index contributed by atoms with van der Waals surface area (Å²) in [7, 11) is 0. The van der Waals surface area contributed by atoms with Crippen LogP contribution in [0.4, 0.5) is 0 Å². The zero-order chi connectivity index (χ0) is 25.1. The highest BCUT2D eigenvalue weighted by molar-refractivity contribution is 6.24. The molecular weight excluding hydrogens is 460 g/mol. The molecule has 7 rings (SSSR count). The quantitative estimate of drug-likeness (QED) is 0.380. The second-order valence-electron chi connectivity index (χ2n) is 9.72. The van der Waals surface area contributed by atoms with Crippen molar-refractivity contribution in [3.8, 4) is 23.0 Å². The van der Waals surface area contributed by atoms with E-state index in [2.05, 4.69) is 0 Å². The molecule has 7 heteroatoms. The SMILES string of the molecule is O=C1CC2CC(=O)c3c(O)cccc3C23C(=C2C=CC(=O)c4c(O)ccc3c42)c2cc(O)cc(O)c21. The van der Waals surface area contributed by atoms with Gasteiger partial charge in [-0.05, 0) is 58.0 Å². The van der Waals surface area contributed by atoms with Crippen LogP contribution in [0.1, 0.15) is 66.2 Å². The molecule has 0 aromatic heterocycles. The van der Waals surface area contributed by atoms with Crippen molar-refractivity contribution in [3.63, 3.8) is 0 Å². The minimum atomic E-state index is -1.16. The van der Waals surface area contributed by atoms with E-state index in [1.807, 2.05) is 0 Å². The van der Waals surface area contributed by atoms with Gasteiger partial charge >= 0.3 is 0 Å². The van der Waals surface area contributed by atoms with Crippen molar-refractivity contribution >= 4 is 28.5 Å². The maximum absolute atomic E-state index is 13.6. The molecule has 2 atom stereocenters. The monoisotopic (exact) mass is 478 g/mol. The smallest absolute Gasteiger partial charge is 0.190 e. The number of carbonyl (C=O) groups excluding carboxylic acids is 3. The van der Waals surface area contributed by atoms with Crippen LogP contribution in [0.2, 0.25) is 0 Å². The molecule has 3 aromatic rings. The van der Waals surface area contributed by atoms with E-state index in [9.17, 15) is 34.8 Å². The van der Waals surface area contributed by atoms with Gasteiger partial charge in [0.15, 0.2) is 17.3 Å². The summed E-state index contributed by atoms with van der Waals surface area (Å²) in [4.78, 5) is 39.8. The molecular formula is C29H18O7. The third-order valence-electron chi connectivity index (χ3n) is 8.06. The van der Waals surface area contributed by atoms with Gasteiger partial charge in [0.2, 0.25) is 0 Å². The predicted molar refractivity (Wildman–Crippen MR) is 128 cm³/mol. The Morgan fingerprint density at radius 2 is 1.39 bits per heavy atom. The summed E-state index contributed by atoms with van der Waals surface area (Å²) in [6, 6.07) is 10.4. The van der Waals surface area contributed by atoms with Crippen molar-refractivity contribution < 1.29 is 34.8 Å². The summed E-state index contributed by atoms with van der Waals surface area (Å²) in [6.07, 6.45) is 2.82. The minimum Gasteiger partial charge on any atom is -0.508 e. The number of carbonyl (C=O) groups is 3. The first-order chi connectivity index (χ1) is 17.2. The lowest BCUT2D eigenvalue weighted by Crippen LogP contribution is -2.42. The molecule has 36 heavy (non-hydrogen) atoms. The molecule has 0 aliphatic heterocycles. The molecule has 176 valence electrons. The largest absolute Gasteiger partial charge is 0.508 e. The Bertz CT molecular complexity index is 1690. The van der Waals surface area contributed by atoms with Crippen molar-refractivity contribution in [2.75, 3.05) is 0 Å². The normalized spacial score (nSPS) is 23.0. The maximum Gasteiger partial charge on any atom is 0.190 e. The fourth-order valence-corrected chi connectivity index (χ4v) is 6.91. The number of allylic oxidation sites excluding steroid dienone is 4. The molecule has 7 nitrogen and oxygen atoms in total. The summed E-state index contributed by atoms with van der Waals surface area (Å²) in [5.74, 6) is -2.67. The van der Waals surface area contributed by atoms with Gasteiger partial charge < -0.3 is 20.4 Å². The number of rotatable bonds is 0. The molecule has 0 saturated heterocycles. The van der Waals surface area contributed by atoms with Crippen LogP contribution in [0, 0.1) is 5.92 Å². The van der Waals surface area contributed by atoms with Crippen LogP contribution >= 0.6 is 0 Å². The van der Waals surface area contributed by atoms with Crippen LogP contribution in [-0.4, -0.2) is 37.8 Å². The highest BCUT2D eigenvalue weighted by atomic mass is 16.3. The van der Waals surface area contributed by atoms with Gasteiger partial charge in [0, 0.05) is 24.5 Å². The first-order valence-corrected chi connectivity index (χ1v) is 11.5. The van der Waals surface area contributed by atoms with E-state index in [0.29, 0.717) is 33.4 Å². The Morgan fingerprint density at radius 3 is 2.17 bits per heavy atom. The molecule has 0 bridgehead atoms. The van der Waals surface area contributed by atoms with Crippen LogP contribution in [-0.2, 0) is 5.41 Å². The molecule has 1 spiro atoms. The number of Topliss-reactive ketones (excluding diaryl/α,β-unsaturated/α-hetero) is 2. The number of ketones is 3. The van der Waals surface area contributed by atoms with E-state index in [-0.39, 0.29) is 69.9 Å². The van der Waals surface area contributed by atoms with Gasteiger partial charge in [0.05, 0.1) is 22.1 Å². The summed E-state index contributed by atoms with van der Waals surface area (Å²) in [5.41, 5.74) is 2.14. The van der Waals surface area contributed by atoms with E-state index in [1.54, 1.807) is 24.3 Å². The summed E-state index contributed by atoms with van der Waals surface area (Å²) >= 11 is 0. The van der Waals surface area contributed by atoms with Crippen LogP contribution in [0.5, 0.6) is 23.0 Å². The lowest BCUT2D eigenvalue weighted by molar-refractivity contribution is 0.0883. The lowest BCUT2D eigenvalue weighted by atomic mass is 9.56. The highest BCUT2D eigenvalue weighted by Crippen LogP contribution is 2.66. The number of phenols is 4. The molecule has 4 aliphatic carbocycles. The Kier molecular flexibility index (Phi) is 3.75. The van der Waals surface area contributed by atoms with Crippen molar-refractivity contribution in [1.29, 1.82) is 0 Å². The van der Waals surface area contributed by atoms with Gasteiger partial charge in [-0.25, -0.2) is 0 Å². The Morgan fingerprint density at radius 1 is 0.694 bits per heavy atom. The number of phenolic OH excluding ortho intramolecular Hbond substituents is 4. The summed E-state index contributed by atoms with van der Waals surface area (Å²) in [5, 5.41) is 42.7. The summed E-state index contributed by atoms with van der Waals surface area (Å²) < 4.78 is 0. The predicted octanol–water partition coefficient (Wildman–Crippen LogP) is 4.26. The molecule has 0 radical (unpaired) electrons. The van der Waals surface area contributed by atoms with Crippen molar-refractivity contribution in [3.05, 3.63) is 93.6 Å². The minimum absolute atomic E-state index is 0.0297. The zero-order valence-electron chi connectivity index (χ0n) is 18.7. The van der Waals surface area contributed by atoms with Gasteiger partial charge in [-0.3, -0.25) is 14.4 Å². The Hall–Kier alpha value is -4.65. The van der Waals surface area contributed by atoms with Crippen molar-refractivity contribution in [2.24, 2.45) is 5.92 Å². The second kappa shape index (κ2) is 6.51. The molecule has 0 fully saturated rings. The van der Waals surface area contributed by atoms with Gasteiger partial charge in [-0.15, -0.1) is 0 Å². The first kappa shape index (κ1) is 20.7. The second-order valence-corrected chi connectivity index (χ2v) is 9.72. The van der Waals surface area contributed by atoms with Gasteiger partial charge in [-0.1, -0.05) is 24.3 Å². The highest BCUT2D eigenvalue weighted by Gasteiger charge is 2.59. The Labute approximate surface area is 204 Å². The molecule has 4 N–H and O–H groups in total. The standard InChI is InChI=1S/C29H18O7/c30-13-10-15-25(23(36)11-13)21(34)8-12-9-22(35)26-16(2-1-3-18(26)31)29(12)17-5-7-20(33)27-19(32)6-4-14(24(17)27)28(15)29/h1-7,10-12,30-31,33,36H,8-9H2. The number of hydrogen-bond acceptors (Lipinski definition) is 7. The van der Waals surface area contributed by atoms with Gasteiger partial charge in [0.1, 0.15) is 23.0 Å². The summed E-state index contributed by atoms with van der Waals surface area (Å²) in [6.45, 7) is 0. The fourth-order valence-electron chi connectivity index (χ4n) is 6.91. The van der Waals surface area contributed by atoms with E-state index < -0.39 is 11.3 Å². The molecule has 3 aromatic carbocycles. The van der Waals surface area contributed by atoms with Crippen LogP contribution < -0.4 is 0 Å². The fraction of sp³-hybridized carbons (Fsp3) is 0.138. The molecule has 0 amide bonds. The van der Waals surface area contributed by atoms with Crippen molar-refractivity contribution in [2.45, 2.75) is 18.3 Å². The van der Waals surface area contributed by atoms with E-state index in [4.69, 9.17) is 0 Å². The third-order valence-corrected chi connectivity index (χ3v) is 8.06. The first-order valence-electron chi connectivity index (χ1n) is 11.5. The van der Waals surface area contributed by atoms with Crippen molar-refractivity contribution in [1.82, 2.24) is 0 Å². The topological polar surface area (TPSA) is 132 Å². The molecule has 4 aliphatic rings. The number of hydrogen-bond donors (Lipinski definition) is 4. The zero-order valence-corrected chi connectivity index (χ0v) is 18.7. The maximum atomic E-state index is 13.6. The van der Waals surface area contributed by atoms with Crippen LogP contribution in [0.15, 0.2) is 54.6 Å². The average Bonchev–Trinajstić information content (AvgIpc) is 3.05. The lowest BCUT2D eigenvalue weighted by Gasteiger charge is -2.44. The number of benzene rings is 3. The van der Waals surface area contributed by atoms with Gasteiger partial charge in [-0.2, -0.15) is 0 Å². The number of fused-ring (bicyclic) bond motifs is 3. The van der Waals surface area contributed by atoms with Crippen LogP contribution in [0.25, 0.3) is 11.1 Å². The number of aromatic hydroxyl groups is 4.